The summed E-state index contributed by atoms with van der Waals surface area (Å²) >= 11 is 0. The van der Waals surface area contributed by atoms with Crippen molar-refractivity contribution < 1.29 is 0 Å². The van der Waals surface area contributed by atoms with E-state index in [9.17, 15) is 0 Å². The van der Waals surface area contributed by atoms with Crippen molar-refractivity contribution in [2.24, 2.45) is 0 Å². The van der Waals surface area contributed by atoms with Gasteiger partial charge in [-0.1, -0.05) is 132 Å². The smallest absolute Gasteiger partial charge is 0.0502 e. The molecule has 43 heavy (non-hydrogen) atoms. The summed E-state index contributed by atoms with van der Waals surface area (Å²) in [4.78, 5) is 2.51. The highest BCUT2D eigenvalue weighted by molar-refractivity contribution is 5.86. The van der Waals surface area contributed by atoms with E-state index in [1.807, 2.05) is 0 Å². The van der Waals surface area contributed by atoms with Crippen molar-refractivity contribution in [2.75, 3.05) is 4.90 Å². The molecular formula is C42H43N. The molecule has 0 unspecified atom stereocenters. The Morgan fingerprint density at radius 1 is 0.488 bits per heavy atom. The molecule has 7 rings (SSSR count). The van der Waals surface area contributed by atoms with Crippen LogP contribution in [0.3, 0.4) is 0 Å². The van der Waals surface area contributed by atoms with Gasteiger partial charge in [-0.2, -0.15) is 0 Å². The number of nitrogens with zero attached hydrogens (tertiary/aromatic N) is 1. The zero-order valence-corrected chi connectivity index (χ0v) is 26.5. The highest BCUT2D eigenvalue weighted by atomic mass is 15.2. The van der Waals surface area contributed by atoms with Gasteiger partial charge in [0.25, 0.3) is 0 Å². The van der Waals surface area contributed by atoms with Gasteiger partial charge >= 0.3 is 0 Å². The van der Waals surface area contributed by atoms with Crippen LogP contribution in [0.5, 0.6) is 0 Å². The zero-order chi connectivity index (χ0) is 30.0. The number of hydrogen-bond donors (Lipinski definition) is 0. The lowest BCUT2D eigenvalue weighted by Crippen LogP contribution is -2.39. The minimum absolute atomic E-state index is 0.0653. The molecular weight excluding hydrogens is 518 g/mol. The van der Waals surface area contributed by atoms with E-state index in [-0.39, 0.29) is 16.2 Å². The Morgan fingerprint density at radius 2 is 0.930 bits per heavy atom. The Hall–Kier alpha value is -4.10. The molecule has 0 radical (unpaired) electrons. The molecule has 2 aliphatic rings. The zero-order valence-electron chi connectivity index (χ0n) is 26.5. The summed E-state index contributed by atoms with van der Waals surface area (Å²) in [5.74, 6) is 0. The lowest BCUT2D eigenvalue weighted by molar-refractivity contribution is 0.538. The van der Waals surface area contributed by atoms with Gasteiger partial charge in [0, 0.05) is 21.9 Å². The first-order chi connectivity index (χ1) is 20.7. The summed E-state index contributed by atoms with van der Waals surface area (Å²) in [6.07, 6.45) is 3.44. The molecule has 0 amide bonds. The number of benzene rings is 5. The van der Waals surface area contributed by atoms with Gasteiger partial charge in [0.05, 0.1) is 11.4 Å². The Bertz CT molecular complexity index is 1740. The third-order valence-electron chi connectivity index (χ3n) is 10.6. The van der Waals surface area contributed by atoms with E-state index in [1.54, 1.807) is 0 Å². The average molecular weight is 562 g/mol. The molecule has 0 atom stereocenters. The average Bonchev–Trinajstić information content (AvgIpc) is 3.03. The van der Waals surface area contributed by atoms with Crippen LogP contribution in [0.15, 0.2) is 115 Å². The first kappa shape index (κ1) is 27.7. The van der Waals surface area contributed by atoms with Crippen LogP contribution in [0.4, 0.5) is 17.1 Å². The largest absolute Gasteiger partial charge is 0.310 e. The van der Waals surface area contributed by atoms with E-state index >= 15 is 0 Å². The van der Waals surface area contributed by atoms with Gasteiger partial charge in [-0.05, 0) is 88.5 Å². The van der Waals surface area contributed by atoms with Gasteiger partial charge in [-0.3, -0.25) is 0 Å². The highest BCUT2D eigenvalue weighted by Crippen LogP contribution is 2.56. The van der Waals surface area contributed by atoms with Gasteiger partial charge in [0.1, 0.15) is 0 Å². The van der Waals surface area contributed by atoms with Gasteiger partial charge in [0.15, 0.2) is 0 Å². The molecule has 1 aliphatic carbocycles. The second-order valence-corrected chi connectivity index (χ2v) is 13.8. The fourth-order valence-corrected chi connectivity index (χ4v) is 8.21. The number of rotatable bonds is 5. The van der Waals surface area contributed by atoms with Crippen LogP contribution in [0.1, 0.15) is 98.9 Å². The summed E-state index contributed by atoms with van der Waals surface area (Å²) < 4.78 is 0. The number of unbranched alkanes of at least 4 members (excludes halogenated alkanes) is 1. The van der Waals surface area contributed by atoms with Gasteiger partial charge in [-0.15, -0.1) is 0 Å². The third-order valence-corrected chi connectivity index (χ3v) is 10.6. The van der Waals surface area contributed by atoms with Crippen LogP contribution >= 0.6 is 0 Å². The van der Waals surface area contributed by atoms with Crippen molar-refractivity contribution in [1.29, 1.82) is 0 Å². The molecule has 1 nitrogen and oxygen atoms in total. The maximum absolute atomic E-state index is 2.53. The molecule has 0 bridgehead atoms. The van der Waals surface area contributed by atoms with Crippen molar-refractivity contribution in [3.63, 3.8) is 0 Å². The summed E-state index contributed by atoms with van der Waals surface area (Å²) in [6, 6.07) is 43.7. The molecule has 0 fully saturated rings. The van der Waals surface area contributed by atoms with Crippen LogP contribution in [0, 0.1) is 0 Å². The van der Waals surface area contributed by atoms with Crippen molar-refractivity contribution in [1.82, 2.24) is 0 Å². The predicted octanol–water partition coefficient (Wildman–Crippen LogP) is 11.1. The van der Waals surface area contributed by atoms with E-state index in [0.717, 1.165) is 6.42 Å². The summed E-state index contributed by atoms with van der Waals surface area (Å²) in [7, 11) is 0. The number of hydrogen-bond acceptors (Lipinski definition) is 1. The molecule has 0 saturated carbocycles. The Morgan fingerprint density at radius 3 is 1.44 bits per heavy atom. The summed E-state index contributed by atoms with van der Waals surface area (Å²) in [5, 5.41) is 0. The van der Waals surface area contributed by atoms with Crippen LogP contribution in [0.2, 0.25) is 0 Å². The van der Waals surface area contributed by atoms with Crippen molar-refractivity contribution in [3.8, 4) is 0 Å². The number of fused-ring (bicyclic) bond motifs is 4. The van der Waals surface area contributed by atoms with E-state index in [1.165, 1.54) is 74.4 Å². The van der Waals surface area contributed by atoms with E-state index in [2.05, 4.69) is 162 Å². The Labute approximate surface area is 258 Å². The van der Waals surface area contributed by atoms with Crippen molar-refractivity contribution in [3.05, 3.63) is 160 Å². The highest BCUT2D eigenvalue weighted by Gasteiger charge is 2.46. The molecule has 0 saturated heterocycles. The second-order valence-electron chi connectivity index (χ2n) is 13.8. The monoisotopic (exact) mass is 561 g/mol. The minimum Gasteiger partial charge on any atom is -0.310 e. The van der Waals surface area contributed by atoms with Crippen molar-refractivity contribution >= 4 is 17.1 Å². The van der Waals surface area contributed by atoms with Crippen LogP contribution < -0.4 is 4.90 Å². The normalized spacial score (nSPS) is 16.9. The standard InChI is InChI=1S/C42H43N/c1-7-8-17-29-26-27-30(43-38-24-15-13-22-35(38)41(4,5)36-23-14-16-25-39(36)43)28-37(29)42(6)33-20-11-9-18-31(33)40(2,3)32-19-10-12-21-34(32)42/h9-16,18-28H,7-8,17H2,1-6H3. The third kappa shape index (κ3) is 3.97. The second kappa shape index (κ2) is 9.98. The van der Waals surface area contributed by atoms with Gasteiger partial charge < -0.3 is 4.90 Å². The molecule has 1 heteroatoms. The molecule has 0 N–H and O–H groups in total. The van der Waals surface area contributed by atoms with Gasteiger partial charge in [0.2, 0.25) is 0 Å². The summed E-state index contributed by atoms with van der Waals surface area (Å²) in [6.45, 7) is 14.3. The molecule has 1 aliphatic heterocycles. The van der Waals surface area contributed by atoms with Crippen molar-refractivity contribution in [2.45, 2.75) is 77.0 Å². The lowest BCUT2D eigenvalue weighted by atomic mass is 9.56. The molecule has 1 heterocycles. The fourth-order valence-electron chi connectivity index (χ4n) is 8.21. The topological polar surface area (TPSA) is 3.24 Å². The molecule has 5 aromatic carbocycles. The van der Waals surface area contributed by atoms with Crippen LogP contribution in [-0.2, 0) is 22.7 Å². The molecule has 0 aromatic heterocycles. The number of para-hydroxylation sites is 2. The molecule has 0 spiro atoms. The van der Waals surface area contributed by atoms with Crippen LogP contribution in [0.25, 0.3) is 0 Å². The van der Waals surface area contributed by atoms with E-state index in [4.69, 9.17) is 0 Å². The fraction of sp³-hybridized carbons (Fsp3) is 0.286. The lowest BCUT2D eigenvalue weighted by Gasteiger charge is -2.47. The van der Waals surface area contributed by atoms with E-state index < -0.39 is 0 Å². The van der Waals surface area contributed by atoms with Crippen LogP contribution in [-0.4, -0.2) is 0 Å². The first-order valence-electron chi connectivity index (χ1n) is 16.0. The Kier molecular flexibility index (Phi) is 6.43. The minimum atomic E-state index is -0.282. The number of aryl methyl sites for hydroxylation is 1. The SMILES string of the molecule is CCCCc1ccc(N2c3ccccc3C(C)(C)c3ccccc32)cc1C1(C)c2ccccc2C(C)(C)c2ccccc21. The number of anilines is 3. The molecule has 216 valence electrons. The predicted molar refractivity (Wildman–Crippen MR) is 182 cm³/mol. The first-order valence-corrected chi connectivity index (χ1v) is 16.0. The van der Waals surface area contributed by atoms with E-state index in [0.29, 0.717) is 0 Å². The maximum atomic E-state index is 2.53. The molecule has 5 aromatic rings. The quantitative estimate of drug-likeness (QED) is 0.206. The van der Waals surface area contributed by atoms with Gasteiger partial charge in [-0.25, -0.2) is 0 Å². The Balaban J connectivity index is 1.52. The maximum Gasteiger partial charge on any atom is 0.0502 e. The summed E-state index contributed by atoms with van der Waals surface area (Å²) in [5.41, 5.74) is 14.7.